The Hall–Kier alpha value is -1.10. The fourth-order valence-corrected chi connectivity index (χ4v) is 3.51. The first-order valence-corrected chi connectivity index (χ1v) is 8.95. The highest BCUT2D eigenvalue weighted by molar-refractivity contribution is 5.85. The van der Waals surface area contributed by atoms with Crippen LogP contribution < -0.4 is 10.6 Å². The molecule has 0 bridgehead atoms. The molecular weight excluding hydrogens is 322 g/mol. The number of halogens is 1. The number of carbonyl (C=O) groups excluding carboxylic acids is 1. The van der Waals surface area contributed by atoms with E-state index in [1.807, 2.05) is 6.07 Å². The largest absolute Gasteiger partial charge is 0.354 e. The minimum absolute atomic E-state index is 0. The van der Waals surface area contributed by atoms with Crippen LogP contribution in [0.5, 0.6) is 0 Å². The number of nitrogens with zero attached hydrogens (tertiary/aromatic N) is 1. The van der Waals surface area contributed by atoms with Gasteiger partial charge in [-0.15, -0.1) is 12.4 Å². The molecule has 1 unspecified atom stereocenters. The van der Waals surface area contributed by atoms with E-state index in [1.165, 1.54) is 5.56 Å². The van der Waals surface area contributed by atoms with E-state index in [9.17, 15) is 4.79 Å². The Morgan fingerprint density at radius 1 is 1.29 bits per heavy atom. The van der Waals surface area contributed by atoms with E-state index in [-0.39, 0.29) is 30.3 Å². The molecule has 5 heteroatoms. The van der Waals surface area contributed by atoms with Gasteiger partial charge in [-0.25, -0.2) is 0 Å². The van der Waals surface area contributed by atoms with Gasteiger partial charge in [0, 0.05) is 18.5 Å². The highest BCUT2D eigenvalue weighted by Crippen LogP contribution is 2.21. The van der Waals surface area contributed by atoms with Gasteiger partial charge in [-0.05, 0) is 45.0 Å². The average molecular weight is 354 g/mol. The Morgan fingerprint density at radius 3 is 2.54 bits per heavy atom. The molecule has 1 aromatic rings. The minimum Gasteiger partial charge on any atom is -0.354 e. The van der Waals surface area contributed by atoms with E-state index in [0.29, 0.717) is 12.6 Å². The number of hydrogen-bond acceptors (Lipinski definition) is 3. The van der Waals surface area contributed by atoms with Crippen molar-refractivity contribution < 1.29 is 4.79 Å². The predicted molar refractivity (Wildman–Crippen MR) is 103 cm³/mol. The Labute approximate surface area is 152 Å². The summed E-state index contributed by atoms with van der Waals surface area (Å²) in [7, 11) is 0. The molecule has 1 amide bonds. The maximum atomic E-state index is 12.5. The summed E-state index contributed by atoms with van der Waals surface area (Å²) in [6.07, 6.45) is 1.88. The number of carbonyl (C=O) groups is 1. The molecule has 1 heterocycles. The van der Waals surface area contributed by atoms with Crippen molar-refractivity contribution in [3.63, 3.8) is 0 Å². The maximum absolute atomic E-state index is 12.5. The number of benzene rings is 1. The summed E-state index contributed by atoms with van der Waals surface area (Å²) in [6.45, 7) is 10.1. The van der Waals surface area contributed by atoms with Gasteiger partial charge in [0.15, 0.2) is 0 Å². The third kappa shape index (κ3) is 5.76. The standard InChI is InChI=1S/C19H31N3O.ClH/c1-4-22(5-2)18(16-9-7-6-8-10-16)14-21-19(23)17-11-12-20-15(3)13-17;/h6-10,15,17-18,20H,4-5,11-14H2,1-3H3,(H,21,23);1H/t15-,17-,18?;/m0./s1. The maximum Gasteiger partial charge on any atom is 0.223 e. The molecule has 3 atom stereocenters. The van der Waals surface area contributed by atoms with Gasteiger partial charge in [-0.1, -0.05) is 44.2 Å². The van der Waals surface area contributed by atoms with Crippen molar-refractivity contribution in [1.82, 2.24) is 15.5 Å². The molecule has 2 N–H and O–H groups in total. The van der Waals surface area contributed by atoms with Crippen LogP contribution in [0.4, 0.5) is 0 Å². The first kappa shape index (κ1) is 20.9. The van der Waals surface area contributed by atoms with Gasteiger partial charge in [0.25, 0.3) is 0 Å². The monoisotopic (exact) mass is 353 g/mol. The van der Waals surface area contributed by atoms with Gasteiger partial charge in [0.2, 0.25) is 5.91 Å². The van der Waals surface area contributed by atoms with E-state index >= 15 is 0 Å². The summed E-state index contributed by atoms with van der Waals surface area (Å²) >= 11 is 0. The summed E-state index contributed by atoms with van der Waals surface area (Å²) in [6, 6.07) is 11.2. The van der Waals surface area contributed by atoms with Gasteiger partial charge >= 0.3 is 0 Å². The second-order valence-electron chi connectivity index (χ2n) is 6.47. The summed E-state index contributed by atoms with van der Waals surface area (Å²) in [4.78, 5) is 14.9. The molecule has 4 nitrogen and oxygen atoms in total. The first-order valence-electron chi connectivity index (χ1n) is 8.95. The predicted octanol–water partition coefficient (Wildman–Crippen LogP) is 3.00. The number of rotatable bonds is 7. The average Bonchev–Trinajstić information content (AvgIpc) is 2.59. The van der Waals surface area contributed by atoms with E-state index < -0.39 is 0 Å². The molecule has 1 aromatic carbocycles. The molecule has 0 saturated carbocycles. The van der Waals surface area contributed by atoms with Gasteiger partial charge in [-0.2, -0.15) is 0 Å². The van der Waals surface area contributed by atoms with Crippen molar-refractivity contribution >= 4 is 18.3 Å². The molecule has 1 aliphatic rings. The molecule has 1 aliphatic heterocycles. The fraction of sp³-hybridized carbons (Fsp3) is 0.632. The van der Waals surface area contributed by atoms with Crippen LogP contribution in [0.25, 0.3) is 0 Å². The van der Waals surface area contributed by atoms with E-state index in [0.717, 1.165) is 32.5 Å². The smallest absolute Gasteiger partial charge is 0.223 e. The highest BCUT2D eigenvalue weighted by Gasteiger charge is 2.26. The third-order valence-electron chi connectivity index (χ3n) is 4.90. The topological polar surface area (TPSA) is 44.4 Å². The van der Waals surface area contributed by atoms with Crippen LogP contribution >= 0.6 is 12.4 Å². The molecule has 24 heavy (non-hydrogen) atoms. The lowest BCUT2D eigenvalue weighted by Gasteiger charge is -2.32. The lowest BCUT2D eigenvalue weighted by Crippen LogP contribution is -2.44. The second-order valence-corrected chi connectivity index (χ2v) is 6.47. The molecular formula is C19H32ClN3O. The first-order chi connectivity index (χ1) is 11.2. The Balaban J connectivity index is 0.00000288. The number of amides is 1. The van der Waals surface area contributed by atoms with Crippen molar-refractivity contribution in [2.45, 2.75) is 45.7 Å². The van der Waals surface area contributed by atoms with Crippen LogP contribution in [0, 0.1) is 5.92 Å². The molecule has 0 aliphatic carbocycles. The van der Waals surface area contributed by atoms with Crippen LogP contribution in [-0.2, 0) is 4.79 Å². The quantitative estimate of drug-likeness (QED) is 0.792. The van der Waals surface area contributed by atoms with E-state index in [1.54, 1.807) is 0 Å². The Kier molecular flexibility index (Phi) is 9.34. The van der Waals surface area contributed by atoms with Crippen molar-refractivity contribution in [3.05, 3.63) is 35.9 Å². The van der Waals surface area contributed by atoms with Crippen LogP contribution in [0.2, 0.25) is 0 Å². The molecule has 0 radical (unpaired) electrons. The molecule has 0 spiro atoms. The molecule has 0 aromatic heterocycles. The van der Waals surface area contributed by atoms with Gasteiger partial charge < -0.3 is 10.6 Å². The van der Waals surface area contributed by atoms with Crippen molar-refractivity contribution in [2.24, 2.45) is 5.92 Å². The molecule has 1 fully saturated rings. The highest BCUT2D eigenvalue weighted by atomic mass is 35.5. The van der Waals surface area contributed by atoms with Crippen molar-refractivity contribution in [3.8, 4) is 0 Å². The van der Waals surface area contributed by atoms with Crippen molar-refractivity contribution in [2.75, 3.05) is 26.2 Å². The normalized spacial score (nSPS) is 21.8. The third-order valence-corrected chi connectivity index (χ3v) is 4.90. The number of piperidine rings is 1. The second kappa shape index (κ2) is 10.7. The lowest BCUT2D eigenvalue weighted by atomic mass is 9.92. The number of likely N-dealkylation sites (N-methyl/N-ethyl adjacent to an activating group) is 1. The van der Waals surface area contributed by atoms with E-state index in [2.05, 4.69) is 60.6 Å². The zero-order valence-electron chi connectivity index (χ0n) is 15.1. The number of nitrogens with one attached hydrogen (secondary N) is 2. The lowest BCUT2D eigenvalue weighted by molar-refractivity contribution is -0.126. The van der Waals surface area contributed by atoms with Crippen LogP contribution in [0.3, 0.4) is 0 Å². The van der Waals surface area contributed by atoms with Crippen LogP contribution in [0.15, 0.2) is 30.3 Å². The zero-order valence-corrected chi connectivity index (χ0v) is 15.9. The summed E-state index contributed by atoms with van der Waals surface area (Å²) < 4.78 is 0. The summed E-state index contributed by atoms with van der Waals surface area (Å²) in [5.41, 5.74) is 1.27. The van der Waals surface area contributed by atoms with Gasteiger partial charge in [0.05, 0.1) is 6.04 Å². The zero-order chi connectivity index (χ0) is 16.7. The molecule has 136 valence electrons. The van der Waals surface area contributed by atoms with Crippen LogP contribution in [-0.4, -0.2) is 43.0 Å². The van der Waals surface area contributed by atoms with Crippen molar-refractivity contribution in [1.29, 1.82) is 0 Å². The number of hydrogen-bond donors (Lipinski definition) is 2. The van der Waals surface area contributed by atoms with Gasteiger partial charge in [-0.3, -0.25) is 9.69 Å². The van der Waals surface area contributed by atoms with Crippen LogP contribution in [0.1, 0.15) is 45.2 Å². The minimum atomic E-state index is 0. The Morgan fingerprint density at radius 2 is 1.96 bits per heavy atom. The Bertz CT molecular complexity index is 479. The summed E-state index contributed by atoms with van der Waals surface area (Å²) in [5.74, 6) is 0.366. The molecule has 2 rings (SSSR count). The molecule has 1 saturated heterocycles. The van der Waals surface area contributed by atoms with E-state index in [4.69, 9.17) is 0 Å². The van der Waals surface area contributed by atoms with Gasteiger partial charge in [0.1, 0.15) is 0 Å². The summed E-state index contributed by atoms with van der Waals surface area (Å²) in [5, 5.41) is 6.62. The fourth-order valence-electron chi connectivity index (χ4n) is 3.51. The SMILES string of the molecule is CCN(CC)C(CNC(=O)[C@H]1CCN[C@@H](C)C1)c1ccccc1.Cl.